The van der Waals surface area contributed by atoms with E-state index < -0.39 is 0 Å². The van der Waals surface area contributed by atoms with Gasteiger partial charge in [-0.25, -0.2) is 0 Å². The molecular weight excluding hydrogens is 248 g/mol. The molecule has 1 N–H and O–H groups in total. The summed E-state index contributed by atoms with van der Waals surface area (Å²) < 4.78 is 5.39. The van der Waals surface area contributed by atoms with Gasteiger partial charge in [0.25, 0.3) is 0 Å². The SMILES string of the molecule is CCCNCC(CC)(CC)CN(C)Cc1ccoc1C. The normalized spacial score (nSPS) is 12.3. The molecule has 3 heteroatoms. The third-order valence-corrected chi connectivity index (χ3v) is 4.44. The predicted octanol–water partition coefficient (Wildman–Crippen LogP) is 3.83. The molecule has 1 aromatic rings. The summed E-state index contributed by atoms with van der Waals surface area (Å²) >= 11 is 0. The molecule has 0 amide bonds. The highest BCUT2D eigenvalue weighted by atomic mass is 16.3. The zero-order valence-corrected chi connectivity index (χ0v) is 14.0. The van der Waals surface area contributed by atoms with E-state index in [0.717, 1.165) is 31.9 Å². The van der Waals surface area contributed by atoms with Gasteiger partial charge in [-0.1, -0.05) is 20.8 Å². The zero-order valence-electron chi connectivity index (χ0n) is 14.0. The molecule has 0 radical (unpaired) electrons. The monoisotopic (exact) mass is 280 g/mol. The Bertz CT molecular complexity index is 369. The van der Waals surface area contributed by atoms with E-state index in [0.29, 0.717) is 5.41 Å². The van der Waals surface area contributed by atoms with Crippen molar-refractivity contribution in [2.45, 2.75) is 53.5 Å². The fourth-order valence-electron chi connectivity index (χ4n) is 2.80. The lowest BCUT2D eigenvalue weighted by molar-refractivity contribution is 0.150. The third-order valence-electron chi connectivity index (χ3n) is 4.44. The summed E-state index contributed by atoms with van der Waals surface area (Å²) in [5, 5.41) is 3.61. The molecule has 0 aliphatic carbocycles. The smallest absolute Gasteiger partial charge is 0.105 e. The van der Waals surface area contributed by atoms with E-state index in [9.17, 15) is 0 Å². The summed E-state index contributed by atoms with van der Waals surface area (Å²) in [4.78, 5) is 2.43. The Labute approximate surface area is 124 Å². The third kappa shape index (κ3) is 4.95. The van der Waals surface area contributed by atoms with Crippen LogP contribution in [0.3, 0.4) is 0 Å². The van der Waals surface area contributed by atoms with E-state index in [2.05, 4.69) is 44.1 Å². The Balaban J connectivity index is 2.57. The number of nitrogens with zero attached hydrogens (tertiary/aromatic N) is 1. The minimum absolute atomic E-state index is 0.377. The largest absolute Gasteiger partial charge is 0.469 e. The lowest BCUT2D eigenvalue weighted by Gasteiger charge is -2.36. The summed E-state index contributed by atoms with van der Waals surface area (Å²) in [5.74, 6) is 1.04. The van der Waals surface area contributed by atoms with Gasteiger partial charge < -0.3 is 14.6 Å². The van der Waals surface area contributed by atoms with Crippen LogP contribution in [0.15, 0.2) is 16.7 Å². The highest BCUT2D eigenvalue weighted by Gasteiger charge is 2.27. The molecule has 20 heavy (non-hydrogen) atoms. The molecule has 116 valence electrons. The summed E-state index contributed by atoms with van der Waals surface area (Å²) in [6, 6.07) is 2.08. The van der Waals surface area contributed by atoms with Crippen molar-refractivity contribution in [1.82, 2.24) is 10.2 Å². The van der Waals surface area contributed by atoms with Crippen molar-refractivity contribution in [2.24, 2.45) is 5.41 Å². The molecule has 0 saturated heterocycles. The molecule has 0 aromatic carbocycles. The average molecular weight is 280 g/mol. The van der Waals surface area contributed by atoms with Gasteiger partial charge in [-0.3, -0.25) is 0 Å². The van der Waals surface area contributed by atoms with Crippen LogP contribution < -0.4 is 5.32 Å². The summed E-state index contributed by atoms with van der Waals surface area (Å²) in [6.07, 6.45) is 5.42. The van der Waals surface area contributed by atoms with Crippen LogP contribution in [0.2, 0.25) is 0 Å². The molecule has 3 nitrogen and oxygen atoms in total. The minimum Gasteiger partial charge on any atom is -0.469 e. The standard InChI is InChI=1S/C17H32N2O/c1-6-10-18-13-17(7-2,8-3)14-19(5)12-16-9-11-20-15(16)4/h9,11,18H,6-8,10,12-14H2,1-5H3. The first-order valence-corrected chi connectivity index (χ1v) is 7.99. The van der Waals surface area contributed by atoms with Gasteiger partial charge in [0.2, 0.25) is 0 Å². The minimum atomic E-state index is 0.377. The summed E-state index contributed by atoms with van der Waals surface area (Å²) in [5.41, 5.74) is 1.68. The fourth-order valence-corrected chi connectivity index (χ4v) is 2.80. The molecule has 0 bridgehead atoms. The molecule has 0 unspecified atom stereocenters. The Hall–Kier alpha value is -0.800. The number of furan rings is 1. The van der Waals surface area contributed by atoms with E-state index in [-0.39, 0.29) is 0 Å². The second-order valence-electron chi connectivity index (χ2n) is 6.06. The van der Waals surface area contributed by atoms with Gasteiger partial charge in [-0.15, -0.1) is 0 Å². The number of hydrogen-bond acceptors (Lipinski definition) is 3. The van der Waals surface area contributed by atoms with Crippen molar-refractivity contribution in [3.05, 3.63) is 23.7 Å². The molecule has 0 aliphatic heterocycles. The zero-order chi connectivity index (χ0) is 15.0. The van der Waals surface area contributed by atoms with Crippen LogP contribution in [0.4, 0.5) is 0 Å². The topological polar surface area (TPSA) is 28.4 Å². The van der Waals surface area contributed by atoms with Crippen molar-refractivity contribution < 1.29 is 4.42 Å². The quantitative estimate of drug-likeness (QED) is 0.660. The van der Waals surface area contributed by atoms with Gasteiger partial charge in [0, 0.05) is 25.2 Å². The van der Waals surface area contributed by atoms with Gasteiger partial charge in [-0.2, -0.15) is 0 Å². The van der Waals surface area contributed by atoms with Crippen LogP contribution >= 0.6 is 0 Å². The molecule has 0 spiro atoms. The number of hydrogen-bond donors (Lipinski definition) is 1. The Morgan fingerprint density at radius 1 is 1.25 bits per heavy atom. The summed E-state index contributed by atoms with van der Waals surface area (Å²) in [7, 11) is 2.21. The highest BCUT2D eigenvalue weighted by molar-refractivity contribution is 5.15. The highest BCUT2D eigenvalue weighted by Crippen LogP contribution is 2.27. The first kappa shape index (κ1) is 17.3. The maximum atomic E-state index is 5.39. The Morgan fingerprint density at radius 3 is 2.45 bits per heavy atom. The van der Waals surface area contributed by atoms with E-state index in [1.807, 2.05) is 6.92 Å². The molecule has 1 aromatic heterocycles. The summed E-state index contributed by atoms with van der Waals surface area (Å²) in [6.45, 7) is 13.2. The van der Waals surface area contributed by atoms with Gasteiger partial charge in [0.05, 0.1) is 6.26 Å². The van der Waals surface area contributed by atoms with Crippen molar-refractivity contribution >= 4 is 0 Å². The van der Waals surface area contributed by atoms with Crippen molar-refractivity contribution in [3.8, 4) is 0 Å². The lowest BCUT2D eigenvalue weighted by atomic mass is 9.81. The Morgan fingerprint density at radius 2 is 1.95 bits per heavy atom. The van der Waals surface area contributed by atoms with E-state index in [1.54, 1.807) is 6.26 Å². The van der Waals surface area contributed by atoms with E-state index in [4.69, 9.17) is 4.42 Å². The maximum absolute atomic E-state index is 5.39. The number of aryl methyl sites for hydroxylation is 1. The number of nitrogens with one attached hydrogen (secondary N) is 1. The van der Waals surface area contributed by atoms with Crippen molar-refractivity contribution in [3.63, 3.8) is 0 Å². The Kier molecular flexibility index (Phi) is 7.31. The molecule has 0 fully saturated rings. The van der Waals surface area contributed by atoms with E-state index >= 15 is 0 Å². The van der Waals surface area contributed by atoms with Crippen LogP contribution in [0, 0.1) is 12.3 Å². The van der Waals surface area contributed by atoms with Gasteiger partial charge >= 0.3 is 0 Å². The van der Waals surface area contributed by atoms with E-state index in [1.165, 1.54) is 24.8 Å². The van der Waals surface area contributed by atoms with Gasteiger partial charge in [-0.05, 0) is 51.3 Å². The first-order chi connectivity index (χ1) is 9.56. The van der Waals surface area contributed by atoms with Crippen LogP contribution in [0.1, 0.15) is 51.4 Å². The molecule has 0 atom stereocenters. The molecule has 0 aliphatic rings. The van der Waals surface area contributed by atoms with Crippen LogP contribution in [-0.2, 0) is 6.54 Å². The lowest BCUT2D eigenvalue weighted by Crippen LogP contribution is -2.42. The van der Waals surface area contributed by atoms with Crippen molar-refractivity contribution in [2.75, 3.05) is 26.7 Å². The fraction of sp³-hybridized carbons (Fsp3) is 0.765. The molecule has 1 rings (SSSR count). The predicted molar refractivity (Wildman–Crippen MR) is 86.0 cm³/mol. The van der Waals surface area contributed by atoms with Crippen LogP contribution in [0.25, 0.3) is 0 Å². The second-order valence-corrected chi connectivity index (χ2v) is 6.06. The molecule has 0 saturated carbocycles. The average Bonchev–Trinajstić information content (AvgIpc) is 2.83. The number of rotatable bonds is 10. The van der Waals surface area contributed by atoms with Crippen LogP contribution in [0.5, 0.6) is 0 Å². The molecule has 1 heterocycles. The van der Waals surface area contributed by atoms with Crippen LogP contribution in [-0.4, -0.2) is 31.6 Å². The van der Waals surface area contributed by atoms with Gasteiger partial charge in [0.15, 0.2) is 0 Å². The second kappa shape index (κ2) is 8.48. The maximum Gasteiger partial charge on any atom is 0.105 e. The van der Waals surface area contributed by atoms with Crippen molar-refractivity contribution in [1.29, 1.82) is 0 Å². The molecular formula is C17H32N2O. The van der Waals surface area contributed by atoms with Gasteiger partial charge in [0.1, 0.15) is 5.76 Å². The first-order valence-electron chi connectivity index (χ1n) is 7.99.